The van der Waals surface area contributed by atoms with Gasteiger partial charge in [-0.3, -0.25) is 0 Å². The molecule has 72 valence electrons. The molecule has 1 aliphatic rings. The van der Waals surface area contributed by atoms with Gasteiger partial charge in [-0.1, -0.05) is 6.07 Å². The number of hydrogen-bond donors (Lipinski definition) is 1. The normalized spacial score (nSPS) is 17.7. The van der Waals surface area contributed by atoms with E-state index in [0.29, 0.717) is 6.04 Å². The Morgan fingerprint density at radius 3 is 2.85 bits per heavy atom. The zero-order chi connectivity index (χ0) is 9.31. The van der Waals surface area contributed by atoms with Crippen LogP contribution in [-0.4, -0.2) is 12.6 Å². The lowest BCUT2D eigenvalue weighted by atomic mass is 10.3. The van der Waals surface area contributed by atoms with Gasteiger partial charge >= 0.3 is 0 Å². The monoisotopic (exact) mass is 203 g/mol. The third-order valence-corrected chi connectivity index (χ3v) is 3.05. The third kappa shape index (κ3) is 2.25. The van der Waals surface area contributed by atoms with Crippen LogP contribution in [0.25, 0.3) is 0 Å². The van der Waals surface area contributed by atoms with Crippen molar-refractivity contribution in [3.63, 3.8) is 0 Å². The van der Waals surface area contributed by atoms with Crippen LogP contribution in [0.4, 0.5) is 8.78 Å². The Morgan fingerprint density at radius 2 is 2.31 bits per heavy atom. The van der Waals surface area contributed by atoms with E-state index in [2.05, 4.69) is 5.32 Å². The van der Waals surface area contributed by atoms with Gasteiger partial charge in [0.25, 0.3) is 5.92 Å². The summed E-state index contributed by atoms with van der Waals surface area (Å²) in [4.78, 5) is 0.153. The minimum Gasteiger partial charge on any atom is -0.308 e. The molecule has 0 atom stereocenters. The molecule has 0 spiro atoms. The van der Waals surface area contributed by atoms with Gasteiger partial charge in [0.05, 0.1) is 11.4 Å². The van der Waals surface area contributed by atoms with Crippen LogP contribution < -0.4 is 5.32 Å². The summed E-state index contributed by atoms with van der Waals surface area (Å²) in [5, 5.41) is 4.52. The van der Waals surface area contributed by atoms with E-state index in [9.17, 15) is 8.78 Å². The molecule has 1 N–H and O–H groups in total. The standard InChI is InChI=1S/C9H11F2NS/c10-9(11,6-12-7-3-4-7)8-2-1-5-13-8/h1-2,5,7,12H,3-4,6H2. The molecule has 0 unspecified atom stereocenters. The molecule has 0 aliphatic heterocycles. The summed E-state index contributed by atoms with van der Waals surface area (Å²) in [5.74, 6) is -2.70. The van der Waals surface area contributed by atoms with Gasteiger partial charge in [0.1, 0.15) is 0 Å². The van der Waals surface area contributed by atoms with Crippen molar-refractivity contribution >= 4 is 11.3 Å². The van der Waals surface area contributed by atoms with Crippen molar-refractivity contribution in [3.8, 4) is 0 Å². The maximum absolute atomic E-state index is 13.3. The first-order chi connectivity index (χ1) is 6.18. The van der Waals surface area contributed by atoms with E-state index in [0.717, 1.165) is 24.2 Å². The maximum atomic E-state index is 13.3. The molecule has 1 aliphatic carbocycles. The Kier molecular flexibility index (Phi) is 2.34. The van der Waals surface area contributed by atoms with Crippen LogP contribution in [0.1, 0.15) is 17.7 Å². The SMILES string of the molecule is FC(F)(CNC1CC1)c1cccs1. The molecular weight excluding hydrogens is 192 g/mol. The summed E-state index contributed by atoms with van der Waals surface area (Å²) in [7, 11) is 0. The molecule has 13 heavy (non-hydrogen) atoms. The highest BCUT2D eigenvalue weighted by atomic mass is 32.1. The molecule has 1 aromatic heterocycles. The lowest BCUT2D eigenvalue weighted by Crippen LogP contribution is -2.31. The first kappa shape index (κ1) is 9.09. The van der Waals surface area contributed by atoms with E-state index in [1.165, 1.54) is 6.07 Å². The summed E-state index contributed by atoms with van der Waals surface area (Å²) in [5.41, 5.74) is 0. The highest BCUT2D eigenvalue weighted by Gasteiger charge is 2.34. The fourth-order valence-corrected chi connectivity index (χ4v) is 1.84. The average Bonchev–Trinajstić information content (AvgIpc) is 2.74. The lowest BCUT2D eigenvalue weighted by Gasteiger charge is -2.14. The predicted octanol–water partition coefficient (Wildman–Crippen LogP) is 2.59. The van der Waals surface area contributed by atoms with E-state index in [4.69, 9.17) is 0 Å². The largest absolute Gasteiger partial charge is 0.308 e. The molecule has 2 rings (SSSR count). The molecule has 1 heterocycles. The number of alkyl halides is 2. The number of halogens is 2. The van der Waals surface area contributed by atoms with Crippen molar-refractivity contribution in [2.45, 2.75) is 24.8 Å². The second-order valence-electron chi connectivity index (χ2n) is 3.34. The fourth-order valence-electron chi connectivity index (χ4n) is 1.13. The molecule has 1 nitrogen and oxygen atoms in total. The fraction of sp³-hybridized carbons (Fsp3) is 0.556. The number of hydrogen-bond acceptors (Lipinski definition) is 2. The third-order valence-electron chi connectivity index (χ3n) is 2.07. The van der Waals surface area contributed by atoms with Crippen LogP contribution in [0.2, 0.25) is 0 Å². The van der Waals surface area contributed by atoms with Gasteiger partial charge in [-0.25, -0.2) is 0 Å². The van der Waals surface area contributed by atoms with Crippen LogP contribution in [0, 0.1) is 0 Å². The smallest absolute Gasteiger partial charge is 0.294 e. The van der Waals surface area contributed by atoms with Gasteiger partial charge in [-0.05, 0) is 24.3 Å². The Balaban J connectivity index is 1.93. The molecule has 0 bridgehead atoms. The molecule has 0 radical (unpaired) electrons. The maximum Gasteiger partial charge on any atom is 0.294 e. The van der Waals surface area contributed by atoms with Crippen molar-refractivity contribution in [2.75, 3.05) is 6.54 Å². The van der Waals surface area contributed by atoms with Gasteiger partial charge in [0.15, 0.2) is 0 Å². The molecule has 0 amide bonds. The second-order valence-corrected chi connectivity index (χ2v) is 4.28. The van der Waals surface area contributed by atoms with Crippen LogP contribution in [0.15, 0.2) is 17.5 Å². The van der Waals surface area contributed by atoms with Crippen molar-refractivity contribution in [1.29, 1.82) is 0 Å². The zero-order valence-electron chi connectivity index (χ0n) is 7.09. The van der Waals surface area contributed by atoms with E-state index in [-0.39, 0.29) is 11.4 Å². The van der Waals surface area contributed by atoms with Gasteiger partial charge in [-0.15, -0.1) is 11.3 Å². The summed E-state index contributed by atoms with van der Waals surface area (Å²) in [6, 6.07) is 3.48. The lowest BCUT2D eigenvalue weighted by molar-refractivity contribution is 0.000354. The van der Waals surface area contributed by atoms with E-state index in [1.54, 1.807) is 11.4 Å². The minimum absolute atomic E-state index is 0.153. The van der Waals surface area contributed by atoms with Crippen molar-refractivity contribution in [1.82, 2.24) is 5.32 Å². The average molecular weight is 203 g/mol. The highest BCUT2D eigenvalue weighted by molar-refractivity contribution is 7.10. The Labute approximate surface area is 79.8 Å². The summed E-state index contributed by atoms with van der Waals surface area (Å²) in [6.07, 6.45) is 2.08. The van der Waals surface area contributed by atoms with Crippen LogP contribution in [0.5, 0.6) is 0 Å². The molecule has 4 heteroatoms. The molecule has 0 aromatic carbocycles. The number of thiophene rings is 1. The molecule has 0 saturated heterocycles. The van der Waals surface area contributed by atoms with Gasteiger partial charge < -0.3 is 5.32 Å². The first-order valence-corrected chi connectivity index (χ1v) is 5.22. The van der Waals surface area contributed by atoms with Gasteiger partial charge in [0.2, 0.25) is 0 Å². The highest BCUT2D eigenvalue weighted by Crippen LogP contribution is 2.31. The topological polar surface area (TPSA) is 12.0 Å². The molecular formula is C9H11F2NS. The quantitative estimate of drug-likeness (QED) is 0.793. The minimum atomic E-state index is -2.70. The zero-order valence-corrected chi connectivity index (χ0v) is 7.91. The van der Waals surface area contributed by atoms with E-state index in [1.807, 2.05) is 0 Å². The van der Waals surface area contributed by atoms with Crippen LogP contribution >= 0.6 is 11.3 Å². The summed E-state index contributed by atoms with van der Waals surface area (Å²) in [6.45, 7) is -0.224. The Morgan fingerprint density at radius 1 is 1.54 bits per heavy atom. The summed E-state index contributed by atoms with van der Waals surface area (Å²) < 4.78 is 26.7. The van der Waals surface area contributed by atoms with Crippen molar-refractivity contribution in [2.24, 2.45) is 0 Å². The Hall–Kier alpha value is -0.480. The second kappa shape index (κ2) is 3.35. The first-order valence-electron chi connectivity index (χ1n) is 4.34. The molecule has 1 saturated carbocycles. The van der Waals surface area contributed by atoms with Crippen molar-refractivity contribution < 1.29 is 8.78 Å². The molecule has 1 aromatic rings. The Bertz CT molecular complexity index is 267. The molecule has 1 fully saturated rings. The van der Waals surface area contributed by atoms with E-state index < -0.39 is 5.92 Å². The van der Waals surface area contributed by atoms with Gasteiger partial charge in [0, 0.05) is 6.04 Å². The van der Waals surface area contributed by atoms with Crippen molar-refractivity contribution in [3.05, 3.63) is 22.4 Å². The van der Waals surface area contributed by atoms with E-state index >= 15 is 0 Å². The summed E-state index contributed by atoms with van der Waals surface area (Å²) >= 11 is 1.11. The van der Waals surface area contributed by atoms with Crippen LogP contribution in [0.3, 0.4) is 0 Å². The number of nitrogens with one attached hydrogen (secondary N) is 1. The van der Waals surface area contributed by atoms with Crippen LogP contribution in [-0.2, 0) is 5.92 Å². The van der Waals surface area contributed by atoms with Gasteiger partial charge in [-0.2, -0.15) is 8.78 Å². The predicted molar refractivity (Wildman–Crippen MR) is 49.2 cm³/mol. The number of rotatable bonds is 4.